The van der Waals surface area contributed by atoms with Crippen LogP contribution in [0.2, 0.25) is 0 Å². The minimum absolute atomic E-state index is 0.0352. The number of aromatic nitrogens is 2. The predicted octanol–water partition coefficient (Wildman–Crippen LogP) is 3.71. The average Bonchev–Trinajstić information content (AvgIpc) is 3.24. The Kier molecular flexibility index (Phi) is 6.46. The largest absolute Gasteiger partial charge is 0.368 e. The van der Waals surface area contributed by atoms with Crippen molar-refractivity contribution in [3.05, 3.63) is 76.7 Å². The molecule has 0 N–H and O–H groups in total. The molecule has 1 aromatic heterocycles. The lowest BCUT2D eigenvalue weighted by atomic mass is 10.2. The molecule has 2 aliphatic heterocycles. The molecule has 3 heterocycles. The first kappa shape index (κ1) is 22.1. The zero-order valence-electron chi connectivity index (χ0n) is 18.5. The summed E-state index contributed by atoms with van der Waals surface area (Å²) in [6.45, 7) is 5.16. The lowest BCUT2D eigenvalue weighted by molar-refractivity contribution is -0.128. The van der Waals surface area contributed by atoms with Gasteiger partial charge in [0, 0.05) is 43.5 Å². The van der Waals surface area contributed by atoms with Crippen LogP contribution in [0.5, 0.6) is 0 Å². The molecule has 0 radical (unpaired) electrons. The highest BCUT2D eigenvalue weighted by molar-refractivity contribution is 8.00. The number of rotatable bonds is 5. The highest BCUT2D eigenvalue weighted by atomic mass is 32.2. The van der Waals surface area contributed by atoms with Gasteiger partial charge in [0.05, 0.1) is 22.0 Å². The van der Waals surface area contributed by atoms with Gasteiger partial charge in [-0.05, 0) is 24.3 Å². The van der Waals surface area contributed by atoms with Crippen molar-refractivity contribution in [3.63, 3.8) is 0 Å². The second-order valence-corrected chi connectivity index (χ2v) is 10.7. The number of thioether (sulfide) groups is 2. The van der Waals surface area contributed by atoms with E-state index in [1.54, 1.807) is 16.3 Å². The number of piperazine rings is 1. The van der Waals surface area contributed by atoms with Crippen LogP contribution in [0.15, 0.2) is 75.5 Å². The maximum Gasteiger partial charge on any atom is 0.272 e. The Bertz CT molecular complexity index is 1190. The third-order valence-electron chi connectivity index (χ3n) is 5.97. The standard InChI is InChI=1S/C25H26N4O2S2/c1-18-16-21-23(33-18)24(31)29(20-10-6-3-7-11-20)25(26-21)32-17-22(30)28-14-12-27(13-15-28)19-8-4-2-5-9-19/h2-11,18H,12-17H2,1H3. The Labute approximate surface area is 202 Å². The van der Waals surface area contributed by atoms with Crippen molar-refractivity contribution >= 4 is 35.1 Å². The van der Waals surface area contributed by atoms with Crippen molar-refractivity contribution in [2.24, 2.45) is 0 Å². The number of anilines is 1. The van der Waals surface area contributed by atoms with E-state index in [1.807, 2.05) is 53.4 Å². The van der Waals surface area contributed by atoms with Crippen molar-refractivity contribution in [2.45, 2.75) is 28.6 Å². The van der Waals surface area contributed by atoms with E-state index >= 15 is 0 Å². The van der Waals surface area contributed by atoms with Crippen molar-refractivity contribution in [2.75, 3.05) is 36.8 Å². The summed E-state index contributed by atoms with van der Waals surface area (Å²) >= 11 is 2.96. The molecule has 33 heavy (non-hydrogen) atoms. The molecule has 1 unspecified atom stereocenters. The number of hydrogen-bond donors (Lipinski definition) is 0. The van der Waals surface area contributed by atoms with E-state index in [-0.39, 0.29) is 17.2 Å². The van der Waals surface area contributed by atoms with E-state index < -0.39 is 0 Å². The van der Waals surface area contributed by atoms with Gasteiger partial charge in [-0.15, -0.1) is 11.8 Å². The second kappa shape index (κ2) is 9.65. The topological polar surface area (TPSA) is 58.4 Å². The summed E-state index contributed by atoms with van der Waals surface area (Å²) in [6.07, 6.45) is 0.786. The Balaban J connectivity index is 1.31. The number of carbonyl (C=O) groups is 1. The summed E-state index contributed by atoms with van der Waals surface area (Å²) < 4.78 is 1.66. The van der Waals surface area contributed by atoms with E-state index in [0.717, 1.165) is 35.8 Å². The molecule has 6 nitrogen and oxygen atoms in total. The van der Waals surface area contributed by atoms with Crippen LogP contribution in [0.4, 0.5) is 5.69 Å². The summed E-state index contributed by atoms with van der Waals surface area (Å²) in [5, 5.41) is 0.933. The summed E-state index contributed by atoms with van der Waals surface area (Å²) in [6, 6.07) is 19.9. The summed E-state index contributed by atoms with van der Waals surface area (Å²) in [5.41, 5.74) is 2.80. The van der Waals surface area contributed by atoms with E-state index in [1.165, 1.54) is 17.4 Å². The van der Waals surface area contributed by atoms with Gasteiger partial charge in [0.25, 0.3) is 5.56 Å². The molecule has 0 aliphatic carbocycles. The fraction of sp³-hybridized carbons (Fsp3) is 0.320. The van der Waals surface area contributed by atoms with Gasteiger partial charge >= 0.3 is 0 Å². The summed E-state index contributed by atoms with van der Waals surface area (Å²) in [4.78, 5) is 36.1. The van der Waals surface area contributed by atoms with Gasteiger partial charge in [0.15, 0.2) is 5.16 Å². The molecule has 3 aromatic rings. The first-order chi connectivity index (χ1) is 16.1. The zero-order valence-corrected chi connectivity index (χ0v) is 20.1. The minimum Gasteiger partial charge on any atom is -0.368 e. The van der Waals surface area contributed by atoms with Gasteiger partial charge in [0.1, 0.15) is 0 Å². The Morgan fingerprint density at radius 2 is 1.64 bits per heavy atom. The predicted molar refractivity (Wildman–Crippen MR) is 135 cm³/mol. The number of carbonyl (C=O) groups excluding carboxylic acids is 1. The number of hydrogen-bond acceptors (Lipinski definition) is 6. The SMILES string of the molecule is CC1Cc2nc(SCC(=O)N3CCN(c4ccccc4)CC3)n(-c3ccccc3)c(=O)c2S1. The van der Waals surface area contributed by atoms with Crippen LogP contribution in [0, 0.1) is 0 Å². The maximum absolute atomic E-state index is 13.3. The zero-order chi connectivity index (χ0) is 22.8. The monoisotopic (exact) mass is 478 g/mol. The first-order valence-electron chi connectivity index (χ1n) is 11.2. The van der Waals surface area contributed by atoms with Gasteiger partial charge in [-0.1, -0.05) is 55.1 Å². The molecule has 5 rings (SSSR count). The minimum atomic E-state index is -0.0352. The van der Waals surface area contributed by atoms with E-state index in [4.69, 9.17) is 4.98 Å². The molecule has 2 aliphatic rings. The van der Waals surface area contributed by atoms with E-state index in [0.29, 0.717) is 23.5 Å². The Morgan fingerprint density at radius 1 is 1.00 bits per heavy atom. The molecule has 1 fully saturated rings. The molecule has 170 valence electrons. The number of fused-ring (bicyclic) bond motifs is 1. The quantitative estimate of drug-likeness (QED) is 0.412. The van der Waals surface area contributed by atoms with Crippen molar-refractivity contribution in [1.29, 1.82) is 0 Å². The lowest BCUT2D eigenvalue weighted by Crippen LogP contribution is -2.49. The van der Waals surface area contributed by atoms with Gasteiger partial charge in [-0.25, -0.2) is 4.98 Å². The lowest BCUT2D eigenvalue weighted by Gasteiger charge is -2.36. The number of para-hydroxylation sites is 2. The molecule has 1 amide bonds. The van der Waals surface area contributed by atoms with Gasteiger partial charge < -0.3 is 9.80 Å². The van der Waals surface area contributed by atoms with Gasteiger partial charge in [0.2, 0.25) is 5.91 Å². The number of amides is 1. The smallest absolute Gasteiger partial charge is 0.272 e. The van der Waals surface area contributed by atoms with Crippen LogP contribution >= 0.6 is 23.5 Å². The number of benzene rings is 2. The second-order valence-electron chi connectivity index (χ2n) is 8.27. The maximum atomic E-state index is 13.3. The van der Waals surface area contributed by atoms with Crippen molar-refractivity contribution in [1.82, 2.24) is 14.5 Å². The molecule has 2 aromatic carbocycles. The first-order valence-corrected chi connectivity index (χ1v) is 13.1. The molecule has 0 saturated carbocycles. The van der Waals surface area contributed by atoms with Crippen LogP contribution in [-0.4, -0.2) is 57.5 Å². The fourth-order valence-electron chi connectivity index (χ4n) is 4.27. The average molecular weight is 479 g/mol. The van der Waals surface area contributed by atoms with Crippen LogP contribution in [0.3, 0.4) is 0 Å². The highest BCUT2D eigenvalue weighted by Crippen LogP contribution is 2.35. The third-order valence-corrected chi connectivity index (χ3v) is 8.11. The van der Waals surface area contributed by atoms with E-state index in [9.17, 15) is 9.59 Å². The van der Waals surface area contributed by atoms with Gasteiger partial charge in [-0.3, -0.25) is 14.2 Å². The molecule has 0 bridgehead atoms. The van der Waals surface area contributed by atoms with Gasteiger partial charge in [-0.2, -0.15) is 0 Å². The molecular formula is C25H26N4O2S2. The van der Waals surface area contributed by atoms with Crippen LogP contribution < -0.4 is 10.5 Å². The fourth-order valence-corrected chi connectivity index (χ4v) is 6.30. The molecular weight excluding hydrogens is 452 g/mol. The summed E-state index contributed by atoms with van der Waals surface area (Å²) in [5.74, 6) is 0.358. The number of nitrogens with zero attached hydrogens (tertiary/aromatic N) is 4. The van der Waals surface area contributed by atoms with E-state index in [2.05, 4.69) is 24.0 Å². The van der Waals surface area contributed by atoms with Crippen LogP contribution in [-0.2, 0) is 11.2 Å². The van der Waals surface area contributed by atoms with Crippen LogP contribution in [0.1, 0.15) is 12.6 Å². The Hall–Kier alpha value is -2.71. The molecule has 1 atom stereocenters. The normalized spacial score (nSPS) is 17.8. The highest BCUT2D eigenvalue weighted by Gasteiger charge is 2.28. The molecule has 8 heteroatoms. The third kappa shape index (κ3) is 4.68. The molecule has 0 spiro atoms. The van der Waals surface area contributed by atoms with Crippen molar-refractivity contribution in [3.8, 4) is 5.69 Å². The summed E-state index contributed by atoms with van der Waals surface area (Å²) in [7, 11) is 0. The Morgan fingerprint density at radius 3 is 2.30 bits per heavy atom. The molecule has 1 saturated heterocycles. The van der Waals surface area contributed by atoms with Crippen molar-refractivity contribution < 1.29 is 4.79 Å². The van der Waals surface area contributed by atoms with Crippen LogP contribution in [0.25, 0.3) is 5.69 Å².